The van der Waals surface area contributed by atoms with Gasteiger partial charge >= 0.3 is 6.09 Å². The lowest BCUT2D eigenvalue weighted by atomic mass is 10.0. The molecule has 24 heavy (non-hydrogen) atoms. The van der Waals surface area contributed by atoms with Gasteiger partial charge in [-0.25, -0.2) is 4.79 Å². The number of hydrogen-bond donors (Lipinski definition) is 1. The van der Waals surface area contributed by atoms with Crippen molar-refractivity contribution in [3.63, 3.8) is 0 Å². The van der Waals surface area contributed by atoms with Gasteiger partial charge in [-0.05, 0) is 51.9 Å². The van der Waals surface area contributed by atoms with Crippen molar-refractivity contribution in [2.75, 3.05) is 19.6 Å². The number of likely N-dealkylation sites (tertiary alicyclic amines) is 1. The lowest BCUT2D eigenvalue weighted by Crippen LogP contribution is -2.46. The second kappa shape index (κ2) is 7.30. The summed E-state index contributed by atoms with van der Waals surface area (Å²) in [5.41, 5.74) is 5.51. The van der Waals surface area contributed by atoms with Crippen molar-refractivity contribution < 1.29 is 14.3 Å². The summed E-state index contributed by atoms with van der Waals surface area (Å²) in [5, 5.41) is 0. The number of carbonyl (C=O) groups excluding carboxylic acids is 2. The Morgan fingerprint density at radius 2 is 1.88 bits per heavy atom. The Balaban J connectivity index is 1.90. The van der Waals surface area contributed by atoms with Gasteiger partial charge in [-0.1, -0.05) is 13.8 Å². The van der Waals surface area contributed by atoms with Crippen LogP contribution in [0.3, 0.4) is 0 Å². The Morgan fingerprint density at radius 3 is 2.38 bits per heavy atom. The van der Waals surface area contributed by atoms with E-state index in [1.165, 1.54) is 0 Å². The van der Waals surface area contributed by atoms with Gasteiger partial charge in [-0.2, -0.15) is 0 Å². The number of hydrogen-bond acceptors (Lipinski definition) is 4. The van der Waals surface area contributed by atoms with Gasteiger partial charge in [0.25, 0.3) is 0 Å². The van der Waals surface area contributed by atoms with E-state index >= 15 is 0 Å². The zero-order valence-corrected chi connectivity index (χ0v) is 15.7. The summed E-state index contributed by atoms with van der Waals surface area (Å²) in [6.07, 6.45) is 2.79. The maximum absolute atomic E-state index is 12.4. The van der Waals surface area contributed by atoms with E-state index in [-0.39, 0.29) is 17.9 Å². The van der Waals surface area contributed by atoms with Gasteiger partial charge in [0.15, 0.2) is 0 Å². The van der Waals surface area contributed by atoms with Crippen LogP contribution in [0.4, 0.5) is 4.79 Å². The SMILES string of the molecule is CC(C)[C@H](N)C(=O)N1CC[C@H](CN(C(=O)OC(C)(C)C)C2CC2)C1. The summed E-state index contributed by atoms with van der Waals surface area (Å²) in [4.78, 5) is 28.5. The Bertz CT molecular complexity index is 469. The summed E-state index contributed by atoms with van der Waals surface area (Å²) >= 11 is 0. The monoisotopic (exact) mass is 339 g/mol. The van der Waals surface area contributed by atoms with Crippen LogP contribution in [0.25, 0.3) is 0 Å². The van der Waals surface area contributed by atoms with Crippen molar-refractivity contribution in [1.82, 2.24) is 9.80 Å². The first-order valence-corrected chi connectivity index (χ1v) is 9.12. The molecule has 2 N–H and O–H groups in total. The van der Waals surface area contributed by atoms with Crippen LogP contribution < -0.4 is 5.73 Å². The fourth-order valence-corrected chi connectivity index (χ4v) is 3.04. The Morgan fingerprint density at radius 1 is 1.25 bits per heavy atom. The standard InChI is InChI=1S/C18H33N3O3/c1-12(2)15(19)16(22)20-9-8-13(10-20)11-21(14-6-7-14)17(23)24-18(3,4)5/h12-15H,6-11,19H2,1-5H3/t13-,15-/m0/s1. The molecule has 0 aromatic rings. The molecule has 0 unspecified atom stereocenters. The van der Waals surface area contributed by atoms with Crippen LogP contribution in [-0.2, 0) is 9.53 Å². The molecule has 6 nitrogen and oxygen atoms in total. The molecule has 138 valence electrons. The predicted octanol–water partition coefficient (Wildman–Crippen LogP) is 2.22. The van der Waals surface area contributed by atoms with Crippen LogP contribution in [0.1, 0.15) is 53.9 Å². The maximum atomic E-state index is 12.4. The van der Waals surface area contributed by atoms with Gasteiger partial charge in [0.2, 0.25) is 5.91 Å². The van der Waals surface area contributed by atoms with Crippen molar-refractivity contribution in [3.8, 4) is 0 Å². The van der Waals surface area contributed by atoms with E-state index in [2.05, 4.69) is 0 Å². The number of amides is 2. The van der Waals surface area contributed by atoms with Crippen LogP contribution in [0.15, 0.2) is 0 Å². The van der Waals surface area contributed by atoms with E-state index in [9.17, 15) is 9.59 Å². The van der Waals surface area contributed by atoms with Crippen LogP contribution in [0.2, 0.25) is 0 Å². The Kier molecular flexibility index (Phi) is 5.78. The summed E-state index contributed by atoms with van der Waals surface area (Å²) in [6, 6.07) is -0.128. The number of carbonyl (C=O) groups is 2. The number of nitrogens with two attached hydrogens (primary N) is 1. The predicted molar refractivity (Wildman–Crippen MR) is 93.5 cm³/mol. The van der Waals surface area contributed by atoms with Crippen LogP contribution in [0, 0.1) is 11.8 Å². The molecule has 2 fully saturated rings. The van der Waals surface area contributed by atoms with Crippen molar-refractivity contribution in [2.24, 2.45) is 17.6 Å². The smallest absolute Gasteiger partial charge is 0.410 e. The molecule has 0 spiro atoms. The van der Waals surface area contributed by atoms with Gasteiger partial charge in [0, 0.05) is 25.7 Å². The van der Waals surface area contributed by atoms with Crippen LogP contribution >= 0.6 is 0 Å². The van der Waals surface area contributed by atoms with E-state index in [4.69, 9.17) is 10.5 Å². The molecular formula is C18H33N3O3. The molecule has 1 aliphatic carbocycles. The summed E-state index contributed by atoms with van der Waals surface area (Å²) < 4.78 is 5.54. The highest BCUT2D eigenvalue weighted by molar-refractivity contribution is 5.82. The Hall–Kier alpha value is -1.30. The minimum Gasteiger partial charge on any atom is -0.444 e. The van der Waals surface area contributed by atoms with Crippen LogP contribution in [0.5, 0.6) is 0 Å². The molecule has 0 aromatic heterocycles. The quantitative estimate of drug-likeness (QED) is 0.833. The molecular weight excluding hydrogens is 306 g/mol. The van der Waals surface area contributed by atoms with Crippen molar-refractivity contribution in [3.05, 3.63) is 0 Å². The third-order valence-electron chi connectivity index (χ3n) is 4.67. The average molecular weight is 339 g/mol. The number of nitrogens with zero attached hydrogens (tertiary/aromatic N) is 2. The molecule has 2 aliphatic rings. The largest absolute Gasteiger partial charge is 0.444 e. The molecule has 1 aliphatic heterocycles. The van der Waals surface area contributed by atoms with E-state index in [1.54, 1.807) is 0 Å². The molecule has 1 heterocycles. The van der Waals surface area contributed by atoms with E-state index < -0.39 is 11.6 Å². The minimum atomic E-state index is -0.480. The summed E-state index contributed by atoms with van der Waals surface area (Å²) in [6.45, 7) is 11.7. The molecule has 1 saturated heterocycles. The average Bonchev–Trinajstić information content (AvgIpc) is 3.19. The van der Waals surface area contributed by atoms with Crippen molar-refractivity contribution in [1.29, 1.82) is 0 Å². The number of rotatable bonds is 5. The fourth-order valence-electron chi connectivity index (χ4n) is 3.04. The van der Waals surface area contributed by atoms with E-state index in [1.807, 2.05) is 44.4 Å². The van der Waals surface area contributed by atoms with Gasteiger partial charge in [0.1, 0.15) is 5.60 Å². The fraction of sp³-hybridized carbons (Fsp3) is 0.889. The molecule has 6 heteroatoms. The molecule has 2 rings (SSSR count). The first-order chi connectivity index (χ1) is 11.1. The van der Waals surface area contributed by atoms with Gasteiger partial charge in [-0.15, -0.1) is 0 Å². The van der Waals surface area contributed by atoms with Crippen LogP contribution in [-0.4, -0.2) is 59.1 Å². The topological polar surface area (TPSA) is 75.9 Å². The first kappa shape index (κ1) is 19.0. The maximum Gasteiger partial charge on any atom is 0.410 e. The molecule has 1 saturated carbocycles. The Labute approximate surface area is 145 Å². The first-order valence-electron chi connectivity index (χ1n) is 9.12. The lowest BCUT2D eigenvalue weighted by Gasteiger charge is -2.29. The molecule has 0 aromatic carbocycles. The third kappa shape index (κ3) is 5.10. The number of ether oxygens (including phenoxy) is 1. The van der Waals surface area contributed by atoms with E-state index in [0.717, 1.165) is 25.8 Å². The minimum absolute atomic E-state index is 0.0303. The van der Waals surface area contributed by atoms with Gasteiger partial charge < -0.3 is 20.3 Å². The second-order valence-corrected chi connectivity index (χ2v) is 8.57. The third-order valence-corrected chi connectivity index (χ3v) is 4.67. The summed E-state index contributed by atoms with van der Waals surface area (Å²) in [5.74, 6) is 0.477. The lowest BCUT2D eigenvalue weighted by molar-refractivity contribution is -0.132. The molecule has 0 bridgehead atoms. The zero-order valence-electron chi connectivity index (χ0n) is 15.7. The summed E-state index contributed by atoms with van der Waals surface area (Å²) in [7, 11) is 0. The molecule has 2 atom stereocenters. The molecule has 2 amide bonds. The van der Waals surface area contributed by atoms with Gasteiger partial charge in [0.05, 0.1) is 6.04 Å². The van der Waals surface area contributed by atoms with Gasteiger partial charge in [-0.3, -0.25) is 4.79 Å². The normalized spacial score (nSPS) is 22.6. The highest BCUT2D eigenvalue weighted by Crippen LogP contribution is 2.31. The van der Waals surface area contributed by atoms with E-state index in [0.29, 0.717) is 25.0 Å². The molecule has 0 radical (unpaired) electrons. The van der Waals surface area contributed by atoms with Crippen molar-refractivity contribution >= 4 is 12.0 Å². The zero-order chi connectivity index (χ0) is 18.1. The highest BCUT2D eigenvalue weighted by Gasteiger charge is 2.38. The second-order valence-electron chi connectivity index (χ2n) is 8.57. The van der Waals surface area contributed by atoms with Crippen molar-refractivity contribution in [2.45, 2.75) is 71.6 Å². The highest BCUT2D eigenvalue weighted by atomic mass is 16.6.